The summed E-state index contributed by atoms with van der Waals surface area (Å²) in [5, 5.41) is 0. The first-order valence-corrected chi connectivity index (χ1v) is 8.65. The Morgan fingerprint density at radius 1 is 0.926 bits per heavy atom. The Hall–Kier alpha value is -3.19. The van der Waals surface area contributed by atoms with Crippen LogP contribution >= 0.6 is 0 Å². The van der Waals surface area contributed by atoms with E-state index < -0.39 is 17.8 Å². The van der Waals surface area contributed by atoms with Gasteiger partial charge in [-0.2, -0.15) is 0 Å². The number of amides is 4. The van der Waals surface area contributed by atoms with Crippen LogP contribution in [0.1, 0.15) is 12.5 Å². The van der Waals surface area contributed by atoms with Crippen molar-refractivity contribution in [3.8, 4) is 5.75 Å². The molecule has 4 amide bonds. The Labute approximate surface area is 157 Å². The number of methoxy groups -OCH3 is 1. The van der Waals surface area contributed by atoms with E-state index in [9.17, 15) is 14.4 Å². The van der Waals surface area contributed by atoms with Crippen molar-refractivity contribution in [1.82, 2.24) is 9.80 Å². The van der Waals surface area contributed by atoms with E-state index in [0.717, 1.165) is 15.4 Å². The molecule has 0 spiro atoms. The number of nitrogens with zero attached hydrogens (tertiary/aromatic N) is 3. The molecule has 1 aliphatic rings. The molecular weight excluding hydrogens is 346 g/mol. The third kappa shape index (κ3) is 3.83. The summed E-state index contributed by atoms with van der Waals surface area (Å²) >= 11 is 0. The number of carbonyl (C=O) groups excluding carboxylic acids is 3. The minimum absolute atomic E-state index is 0.0570. The summed E-state index contributed by atoms with van der Waals surface area (Å²) in [6.07, 6.45) is 0. The van der Waals surface area contributed by atoms with Gasteiger partial charge in [-0.1, -0.05) is 37.3 Å². The fourth-order valence-electron chi connectivity index (χ4n) is 2.89. The lowest BCUT2D eigenvalue weighted by Crippen LogP contribution is -2.42. The van der Waals surface area contributed by atoms with E-state index >= 15 is 0 Å². The molecule has 7 nitrogen and oxygen atoms in total. The lowest BCUT2D eigenvalue weighted by atomic mass is 10.2. The highest BCUT2D eigenvalue weighted by molar-refractivity contribution is 6.52. The fourth-order valence-corrected chi connectivity index (χ4v) is 2.89. The van der Waals surface area contributed by atoms with Crippen LogP contribution in [0.3, 0.4) is 0 Å². The SMILES string of the molecule is CCN(Cc1ccccc1)CN1C(=O)C(=O)N(c2ccc(OC)cc2)C1=O. The lowest BCUT2D eigenvalue weighted by Gasteiger charge is -2.25. The maximum Gasteiger partial charge on any atom is 0.340 e. The van der Waals surface area contributed by atoms with Crippen LogP contribution in [0.4, 0.5) is 10.5 Å². The maximum absolute atomic E-state index is 12.7. The number of carbonyl (C=O) groups is 3. The molecule has 0 unspecified atom stereocenters. The molecular formula is C20H21N3O4. The maximum atomic E-state index is 12.7. The van der Waals surface area contributed by atoms with Crippen molar-refractivity contribution < 1.29 is 19.1 Å². The van der Waals surface area contributed by atoms with Gasteiger partial charge in [-0.05, 0) is 36.4 Å². The van der Waals surface area contributed by atoms with Crippen molar-refractivity contribution in [3.63, 3.8) is 0 Å². The molecule has 2 aromatic rings. The van der Waals surface area contributed by atoms with Crippen LogP contribution in [-0.4, -0.2) is 48.0 Å². The van der Waals surface area contributed by atoms with Crippen molar-refractivity contribution in [2.45, 2.75) is 13.5 Å². The fraction of sp³-hybridized carbons (Fsp3) is 0.250. The minimum atomic E-state index is -0.846. The Bertz CT molecular complexity index is 836. The summed E-state index contributed by atoms with van der Waals surface area (Å²) in [5.74, 6) is -1.07. The minimum Gasteiger partial charge on any atom is -0.497 e. The largest absolute Gasteiger partial charge is 0.497 e. The Morgan fingerprint density at radius 2 is 1.59 bits per heavy atom. The zero-order chi connectivity index (χ0) is 19.4. The van der Waals surface area contributed by atoms with E-state index in [1.807, 2.05) is 42.2 Å². The second-order valence-electron chi connectivity index (χ2n) is 6.13. The monoisotopic (exact) mass is 367 g/mol. The molecule has 27 heavy (non-hydrogen) atoms. The summed E-state index contributed by atoms with van der Waals surface area (Å²) < 4.78 is 5.08. The van der Waals surface area contributed by atoms with Gasteiger partial charge in [0.15, 0.2) is 0 Å². The highest BCUT2D eigenvalue weighted by atomic mass is 16.5. The molecule has 140 valence electrons. The summed E-state index contributed by atoms with van der Waals surface area (Å²) in [6.45, 7) is 3.20. The first-order chi connectivity index (χ1) is 13.0. The molecule has 7 heteroatoms. The van der Waals surface area contributed by atoms with Crippen molar-refractivity contribution in [2.75, 3.05) is 25.2 Å². The van der Waals surface area contributed by atoms with E-state index in [2.05, 4.69) is 0 Å². The molecule has 0 aliphatic carbocycles. The van der Waals surface area contributed by atoms with Crippen molar-refractivity contribution >= 4 is 23.5 Å². The van der Waals surface area contributed by atoms with Gasteiger partial charge in [0.25, 0.3) is 0 Å². The molecule has 0 bridgehead atoms. The van der Waals surface area contributed by atoms with Gasteiger partial charge in [0.2, 0.25) is 0 Å². The van der Waals surface area contributed by atoms with Crippen molar-refractivity contribution in [1.29, 1.82) is 0 Å². The molecule has 3 rings (SSSR count). The number of ether oxygens (including phenoxy) is 1. The highest BCUT2D eigenvalue weighted by Crippen LogP contribution is 2.25. The molecule has 0 N–H and O–H groups in total. The van der Waals surface area contributed by atoms with Crippen LogP contribution in [0, 0.1) is 0 Å². The normalized spacial score (nSPS) is 14.4. The van der Waals surface area contributed by atoms with Crippen molar-refractivity contribution in [3.05, 3.63) is 60.2 Å². The standard InChI is InChI=1S/C20H21N3O4/c1-3-21(13-15-7-5-4-6-8-15)14-22-18(24)19(25)23(20(22)26)16-9-11-17(27-2)12-10-16/h4-12H,3,13-14H2,1-2H3. The smallest absolute Gasteiger partial charge is 0.340 e. The van der Waals surface area contributed by atoms with E-state index in [1.165, 1.54) is 7.11 Å². The molecule has 0 aromatic heterocycles. The summed E-state index contributed by atoms with van der Waals surface area (Å²) in [6, 6.07) is 15.5. The lowest BCUT2D eigenvalue weighted by molar-refractivity contribution is -0.140. The third-order valence-corrected chi connectivity index (χ3v) is 4.42. The number of benzene rings is 2. The summed E-state index contributed by atoms with van der Waals surface area (Å²) in [5.41, 5.74) is 1.41. The van der Waals surface area contributed by atoms with Gasteiger partial charge in [-0.3, -0.25) is 14.5 Å². The number of urea groups is 1. The van der Waals surface area contributed by atoms with Crippen LogP contribution in [0.5, 0.6) is 5.75 Å². The van der Waals surface area contributed by atoms with Gasteiger partial charge in [-0.25, -0.2) is 14.6 Å². The third-order valence-electron chi connectivity index (χ3n) is 4.42. The van der Waals surface area contributed by atoms with Crippen LogP contribution in [0.15, 0.2) is 54.6 Å². The molecule has 1 aliphatic heterocycles. The van der Waals surface area contributed by atoms with Gasteiger partial charge in [-0.15, -0.1) is 0 Å². The van der Waals surface area contributed by atoms with E-state index in [4.69, 9.17) is 4.74 Å². The predicted molar refractivity (Wildman–Crippen MR) is 100 cm³/mol. The van der Waals surface area contributed by atoms with Crippen LogP contribution < -0.4 is 9.64 Å². The second-order valence-corrected chi connectivity index (χ2v) is 6.13. The van der Waals surface area contributed by atoms with E-state index in [1.54, 1.807) is 24.3 Å². The first-order valence-electron chi connectivity index (χ1n) is 8.65. The average molecular weight is 367 g/mol. The second kappa shape index (κ2) is 8.01. The molecule has 1 fully saturated rings. The Balaban J connectivity index is 1.76. The molecule has 2 aromatic carbocycles. The van der Waals surface area contributed by atoms with Gasteiger partial charge in [0.05, 0.1) is 19.5 Å². The zero-order valence-electron chi connectivity index (χ0n) is 15.3. The zero-order valence-corrected chi connectivity index (χ0v) is 15.3. The average Bonchev–Trinajstić information content (AvgIpc) is 2.91. The van der Waals surface area contributed by atoms with Crippen molar-refractivity contribution in [2.24, 2.45) is 0 Å². The highest BCUT2D eigenvalue weighted by Gasteiger charge is 2.45. The van der Waals surface area contributed by atoms with Gasteiger partial charge in [0, 0.05) is 6.54 Å². The number of hydrogen-bond acceptors (Lipinski definition) is 5. The number of hydrogen-bond donors (Lipinski definition) is 0. The van der Waals surface area contributed by atoms with Gasteiger partial charge >= 0.3 is 17.8 Å². The van der Waals surface area contributed by atoms with Crippen LogP contribution in [0.25, 0.3) is 0 Å². The van der Waals surface area contributed by atoms with Gasteiger partial charge < -0.3 is 4.74 Å². The molecule has 0 radical (unpaired) electrons. The Morgan fingerprint density at radius 3 is 2.19 bits per heavy atom. The molecule has 0 saturated carbocycles. The van der Waals surface area contributed by atoms with Gasteiger partial charge in [0.1, 0.15) is 5.75 Å². The quantitative estimate of drug-likeness (QED) is 0.555. The number of imide groups is 2. The predicted octanol–water partition coefficient (Wildman–Crippen LogP) is 2.47. The van der Waals surface area contributed by atoms with E-state index in [0.29, 0.717) is 24.5 Å². The Kier molecular flexibility index (Phi) is 5.52. The summed E-state index contributed by atoms with van der Waals surface area (Å²) in [7, 11) is 1.53. The number of rotatable bonds is 7. The molecule has 0 atom stereocenters. The molecule has 1 saturated heterocycles. The topological polar surface area (TPSA) is 70.2 Å². The first kappa shape index (κ1) is 18.6. The van der Waals surface area contributed by atoms with Crippen LogP contribution in [-0.2, 0) is 16.1 Å². The van der Waals surface area contributed by atoms with E-state index in [-0.39, 0.29) is 6.67 Å². The van der Waals surface area contributed by atoms with Crippen LogP contribution in [0.2, 0.25) is 0 Å². The number of anilines is 1. The summed E-state index contributed by atoms with van der Waals surface area (Å²) in [4.78, 5) is 41.3. The molecule has 1 heterocycles.